The van der Waals surface area contributed by atoms with Gasteiger partial charge in [0.2, 0.25) is 5.89 Å². The molecule has 4 rings (SSSR count). The molecule has 0 spiro atoms. The maximum absolute atomic E-state index is 12.7. The molecule has 30 heavy (non-hydrogen) atoms. The molecule has 0 saturated carbocycles. The normalized spacial score (nSPS) is 16.9. The van der Waals surface area contributed by atoms with Gasteiger partial charge in [0.25, 0.3) is 0 Å². The van der Waals surface area contributed by atoms with Gasteiger partial charge in [-0.05, 0) is 31.5 Å². The third-order valence-corrected chi connectivity index (χ3v) is 5.42. The fraction of sp³-hybridized carbons (Fsp3) is 0.450. The van der Waals surface area contributed by atoms with Crippen LogP contribution in [-0.2, 0) is 6.54 Å². The molecule has 160 valence electrons. The lowest BCUT2D eigenvalue weighted by Gasteiger charge is -2.35. The number of aliphatic hydroxyl groups is 1. The van der Waals surface area contributed by atoms with Crippen molar-refractivity contribution >= 4 is 16.9 Å². The molecule has 0 bridgehead atoms. The summed E-state index contributed by atoms with van der Waals surface area (Å²) < 4.78 is 43.9. The number of hydrogen-bond donors (Lipinski definition) is 1. The first kappa shape index (κ1) is 20.5. The summed E-state index contributed by atoms with van der Waals surface area (Å²) in [5.74, 6) is 1.38. The lowest BCUT2D eigenvalue weighted by atomic mass is 10.1. The van der Waals surface area contributed by atoms with Crippen LogP contribution in [0.25, 0.3) is 11.1 Å². The summed E-state index contributed by atoms with van der Waals surface area (Å²) in [6.45, 7) is 7.57. The van der Waals surface area contributed by atoms with Crippen molar-refractivity contribution in [2.24, 2.45) is 0 Å². The SMILES string of the molecule is Cc1ncnc(N2CCN(Cc3nc4ccc([C@H](O)C(F)(F)F)cc4o3)CC2)c1C. The van der Waals surface area contributed by atoms with E-state index in [1.165, 1.54) is 18.2 Å². The Kier molecular flexibility index (Phi) is 5.37. The van der Waals surface area contributed by atoms with E-state index in [4.69, 9.17) is 4.42 Å². The fourth-order valence-corrected chi connectivity index (χ4v) is 3.57. The summed E-state index contributed by atoms with van der Waals surface area (Å²) in [5.41, 5.74) is 2.47. The fourth-order valence-electron chi connectivity index (χ4n) is 3.57. The molecule has 0 unspecified atom stereocenters. The van der Waals surface area contributed by atoms with E-state index in [0.29, 0.717) is 18.0 Å². The highest BCUT2D eigenvalue weighted by Crippen LogP contribution is 2.33. The number of benzene rings is 1. The molecule has 1 aromatic carbocycles. The predicted molar refractivity (Wildman–Crippen MR) is 104 cm³/mol. The van der Waals surface area contributed by atoms with Crippen molar-refractivity contribution in [3.8, 4) is 0 Å². The highest BCUT2D eigenvalue weighted by Gasteiger charge is 2.39. The zero-order chi connectivity index (χ0) is 21.5. The Morgan fingerprint density at radius 1 is 1.13 bits per heavy atom. The van der Waals surface area contributed by atoms with Gasteiger partial charge in [0.05, 0.1) is 6.54 Å². The van der Waals surface area contributed by atoms with Crippen LogP contribution in [0.5, 0.6) is 0 Å². The Morgan fingerprint density at radius 2 is 1.87 bits per heavy atom. The second-order valence-corrected chi connectivity index (χ2v) is 7.45. The number of rotatable bonds is 4. The van der Waals surface area contributed by atoms with E-state index < -0.39 is 12.3 Å². The van der Waals surface area contributed by atoms with Crippen molar-refractivity contribution in [3.05, 3.63) is 47.2 Å². The molecule has 1 saturated heterocycles. The third kappa shape index (κ3) is 4.10. The topological polar surface area (TPSA) is 78.5 Å². The molecular weight excluding hydrogens is 399 g/mol. The molecule has 0 amide bonds. The van der Waals surface area contributed by atoms with Crippen molar-refractivity contribution in [2.45, 2.75) is 32.7 Å². The molecular formula is C20H22F3N5O2. The molecule has 7 nitrogen and oxygen atoms in total. The molecule has 1 N–H and O–H groups in total. The number of anilines is 1. The first-order chi connectivity index (χ1) is 14.2. The smallest absolute Gasteiger partial charge is 0.418 e. The van der Waals surface area contributed by atoms with Crippen molar-refractivity contribution in [1.29, 1.82) is 0 Å². The summed E-state index contributed by atoms with van der Waals surface area (Å²) >= 11 is 0. The second-order valence-electron chi connectivity index (χ2n) is 7.45. The molecule has 10 heteroatoms. The highest BCUT2D eigenvalue weighted by atomic mass is 19.4. The van der Waals surface area contributed by atoms with Crippen molar-refractivity contribution in [1.82, 2.24) is 19.9 Å². The number of aliphatic hydroxyl groups excluding tert-OH is 1. The van der Waals surface area contributed by atoms with E-state index in [1.54, 1.807) is 6.33 Å². The van der Waals surface area contributed by atoms with Crippen molar-refractivity contribution in [3.63, 3.8) is 0 Å². The summed E-state index contributed by atoms with van der Waals surface area (Å²) in [5, 5.41) is 9.43. The molecule has 1 aliphatic heterocycles. The molecule has 1 fully saturated rings. The van der Waals surface area contributed by atoms with Crippen molar-refractivity contribution in [2.75, 3.05) is 31.1 Å². The maximum atomic E-state index is 12.7. The molecule has 0 radical (unpaired) electrons. The minimum atomic E-state index is -4.73. The van der Waals surface area contributed by atoms with Gasteiger partial charge in [0.1, 0.15) is 17.7 Å². The summed E-state index contributed by atoms with van der Waals surface area (Å²) in [6, 6.07) is 3.85. The number of aryl methyl sites for hydroxylation is 1. The first-order valence-electron chi connectivity index (χ1n) is 9.62. The molecule has 1 aliphatic rings. The quantitative estimate of drug-likeness (QED) is 0.693. The Balaban J connectivity index is 1.42. The highest BCUT2D eigenvalue weighted by molar-refractivity contribution is 5.73. The van der Waals surface area contributed by atoms with Crippen LogP contribution < -0.4 is 4.90 Å². The lowest BCUT2D eigenvalue weighted by molar-refractivity contribution is -0.206. The Bertz CT molecular complexity index is 1040. The van der Waals surface area contributed by atoms with Crippen LogP contribution >= 0.6 is 0 Å². The molecule has 0 aliphatic carbocycles. The number of fused-ring (bicyclic) bond motifs is 1. The molecule has 3 aromatic rings. The van der Waals surface area contributed by atoms with Crippen LogP contribution in [0.2, 0.25) is 0 Å². The minimum absolute atomic E-state index is 0.233. The van der Waals surface area contributed by atoms with Gasteiger partial charge in [0.15, 0.2) is 11.7 Å². The van der Waals surface area contributed by atoms with Crippen LogP contribution in [0.4, 0.5) is 19.0 Å². The average molecular weight is 421 g/mol. The van der Waals surface area contributed by atoms with E-state index >= 15 is 0 Å². The summed E-state index contributed by atoms with van der Waals surface area (Å²) in [7, 11) is 0. The van der Waals surface area contributed by atoms with Gasteiger partial charge in [-0.2, -0.15) is 13.2 Å². The Morgan fingerprint density at radius 3 is 2.57 bits per heavy atom. The second kappa shape index (κ2) is 7.84. The van der Waals surface area contributed by atoms with E-state index in [9.17, 15) is 18.3 Å². The number of aromatic nitrogens is 3. The van der Waals surface area contributed by atoms with E-state index in [0.717, 1.165) is 43.3 Å². The standard InChI is InChI=1S/C20H22F3N5O2/c1-12-13(2)24-11-25-19(12)28-7-5-27(6-8-28)10-17-26-15-4-3-14(9-16(15)30-17)18(29)20(21,22)23/h3-4,9,11,18,29H,5-8,10H2,1-2H3/t18-/m0/s1. The van der Waals surface area contributed by atoms with E-state index in [-0.39, 0.29) is 11.1 Å². The Labute approximate surface area is 171 Å². The Hall–Kier alpha value is -2.72. The monoisotopic (exact) mass is 421 g/mol. The number of nitrogens with zero attached hydrogens (tertiary/aromatic N) is 5. The molecule has 1 atom stereocenters. The van der Waals surface area contributed by atoms with Crippen LogP contribution in [0, 0.1) is 13.8 Å². The van der Waals surface area contributed by atoms with Crippen LogP contribution in [0.15, 0.2) is 28.9 Å². The average Bonchev–Trinajstić information content (AvgIpc) is 3.11. The molecule has 3 heterocycles. The predicted octanol–water partition coefficient (Wildman–Crippen LogP) is 3.15. The van der Waals surface area contributed by atoms with Crippen LogP contribution in [-0.4, -0.2) is 57.3 Å². The van der Waals surface area contributed by atoms with Gasteiger partial charge in [-0.1, -0.05) is 6.07 Å². The number of oxazole rings is 1. The van der Waals surface area contributed by atoms with Crippen LogP contribution in [0.1, 0.15) is 28.8 Å². The number of hydrogen-bond acceptors (Lipinski definition) is 7. The van der Waals surface area contributed by atoms with Gasteiger partial charge >= 0.3 is 6.18 Å². The van der Waals surface area contributed by atoms with Crippen molar-refractivity contribution < 1.29 is 22.7 Å². The minimum Gasteiger partial charge on any atom is -0.439 e. The lowest BCUT2D eigenvalue weighted by Crippen LogP contribution is -2.46. The zero-order valence-corrected chi connectivity index (χ0v) is 16.6. The summed E-state index contributed by atoms with van der Waals surface area (Å²) in [6.07, 6.45) is -5.69. The molecule has 2 aromatic heterocycles. The van der Waals surface area contributed by atoms with Gasteiger partial charge in [-0.15, -0.1) is 0 Å². The third-order valence-electron chi connectivity index (χ3n) is 5.42. The zero-order valence-electron chi connectivity index (χ0n) is 16.6. The number of piperazine rings is 1. The maximum Gasteiger partial charge on any atom is 0.418 e. The largest absolute Gasteiger partial charge is 0.439 e. The first-order valence-corrected chi connectivity index (χ1v) is 9.62. The van der Waals surface area contributed by atoms with Gasteiger partial charge in [-0.25, -0.2) is 15.0 Å². The number of halogens is 3. The summed E-state index contributed by atoms with van der Waals surface area (Å²) in [4.78, 5) is 17.4. The van der Waals surface area contributed by atoms with Gasteiger partial charge < -0.3 is 14.4 Å². The van der Waals surface area contributed by atoms with Crippen LogP contribution in [0.3, 0.4) is 0 Å². The van der Waals surface area contributed by atoms with E-state index in [2.05, 4.69) is 24.8 Å². The van der Waals surface area contributed by atoms with Gasteiger partial charge in [-0.3, -0.25) is 4.90 Å². The number of alkyl halides is 3. The van der Waals surface area contributed by atoms with Gasteiger partial charge in [0, 0.05) is 37.4 Å². The van der Waals surface area contributed by atoms with E-state index in [1.807, 2.05) is 13.8 Å².